The third kappa shape index (κ3) is 2.05. The highest BCUT2D eigenvalue weighted by Gasteiger charge is 2.02. The lowest BCUT2D eigenvalue weighted by atomic mass is 10.4. The Bertz CT molecular complexity index is 346. The number of hydrogen-bond acceptors (Lipinski definition) is 0. The molecule has 0 aliphatic carbocycles. The third-order valence-electron chi connectivity index (χ3n) is 2.17. The van der Waals surface area contributed by atoms with Crippen LogP contribution in [0.15, 0.2) is 60.7 Å². The molecule has 2 aromatic carbocycles. The minimum atomic E-state index is -1.04. The first-order valence-electron chi connectivity index (χ1n) is 4.61. The molecule has 0 atom stereocenters. The Labute approximate surface area is 87.1 Å². The lowest BCUT2D eigenvalue weighted by molar-refractivity contribution is 1.76. The van der Waals surface area contributed by atoms with Crippen molar-refractivity contribution in [3.05, 3.63) is 60.7 Å². The van der Waals surface area contributed by atoms with Gasteiger partial charge in [-0.2, -0.15) is 7.80 Å². The molecular formula is C12H11BP. The Morgan fingerprint density at radius 2 is 1.00 bits per heavy atom. The molecule has 2 heteroatoms. The molecule has 0 aromatic heterocycles. The lowest BCUT2D eigenvalue weighted by Gasteiger charge is -2.15. The van der Waals surface area contributed by atoms with E-state index in [0.717, 1.165) is 0 Å². The molecule has 0 bridgehead atoms. The van der Waals surface area contributed by atoms with Crippen LogP contribution < -0.4 is 10.6 Å². The Balaban J connectivity index is 2.30. The van der Waals surface area contributed by atoms with Crippen molar-refractivity contribution >= 4 is 26.0 Å². The van der Waals surface area contributed by atoms with Gasteiger partial charge in [0, 0.05) is 10.6 Å². The molecule has 0 N–H and O–H groups in total. The summed E-state index contributed by atoms with van der Waals surface area (Å²) in [5.74, 6) is 0. The summed E-state index contributed by atoms with van der Waals surface area (Å²) in [4.78, 5) is 0. The maximum atomic E-state index is 6.22. The molecular weight excluding hydrogens is 186 g/mol. The van der Waals surface area contributed by atoms with Crippen molar-refractivity contribution in [3.8, 4) is 0 Å². The summed E-state index contributed by atoms with van der Waals surface area (Å²) in [5.41, 5.74) is 0. The first-order chi connectivity index (χ1) is 6.88. The first-order valence-corrected chi connectivity index (χ1v) is 6.19. The quantitative estimate of drug-likeness (QED) is 0.509. The predicted octanol–water partition coefficient (Wildman–Crippen LogP) is 1.94. The highest BCUT2D eigenvalue weighted by molar-refractivity contribution is 7.94. The summed E-state index contributed by atoms with van der Waals surface area (Å²) in [6.07, 6.45) is 0. The van der Waals surface area contributed by atoms with E-state index in [2.05, 4.69) is 24.3 Å². The number of rotatable bonds is 2. The zero-order valence-corrected chi connectivity index (χ0v) is 8.85. The SMILES string of the molecule is [B-][PH+](c1ccccc1)c1ccccc1. The zero-order chi connectivity index (χ0) is 9.80. The molecule has 0 aliphatic heterocycles. The lowest BCUT2D eigenvalue weighted by Crippen LogP contribution is -2.10. The second kappa shape index (κ2) is 4.44. The molecule has 0 spiro atoms. The summed E-state index contributed by atoms with van der Waals surface area (Å²) in [6, 6.07) is 20.6. The fourth-order valence-electron chi connectivity index (χ4n) is 1.40. The van der Waals surface area contributed by atoms with Crippen LogP contribution in [0.25, 0.3) is 0 Å². The van der Waals surface area contributed by atoms with Crippen LogP contribution in [0.2, 0.25) is 0 Å². The molecule has 2 aromatic rings. The van der Waals surface area contributed by atoms with E-state index < -0.39 is 7.80 Å². The van der Waals surface area contributed by atoms with Crippen molar-refractivity contribution in [3.63, 3.8) is 0 Å². The van der Waals surface area contributed by atoms with Crippen LogP contribution in [0.3, 0.4) is 0 Å². The summed E-state index contributed by atoms with van der Waals surface area (Å²) in [7, 11) is 5.17. The minimum absolute atomic E-state index is 1.04. The Kier molecular flexibility index (Phi) is 3.01. The van der Waals surface area contributed by atoms with E-state index in [1.54, 1.807) is 0 Å². The van der Waals surface area contributed by atoms with Crippen molar-refractivity contribution in [2.45, 2.75) is 0 Å². The van der Waals surface area contributed by atoms with E-state index in [9.17, 15) is 0 Å². The van der Waals surface area contributed by atoms with Gasteiger partial charge in [0.05, 0.1) is 0 Å². The van der Waals surface area contributed by atoms with E-state index in [1.807, 2.05) is 36.4 Å². The van der Waals surface area contributed by atoms with Gasteiger partial charge in [0.15, 0.2) is 0 Å². The maximum absolute atomic E-state index is 6.22. The van der Waals surface area contributed by atoms with Gasteiger partial charge in [0.25, 0.3) is 0 Å². The normalized spacial score (nSPS) is 10.4. The molecule has 0 saturated carbocycles. The maximum Gasteiger partial charge on any atom is 0.0444 e. The van der Waals surface area contributed by atoms with Gasteiger partial charge in [-0.15, -0.1) is 0 Å². The molecule has 0 aliphatic rings. The van der Waals surface area contributed by atoms with Crippen molar-refractivity contribution in [2.24, 2.45) is 0 Å². The fourth-order valence-corrected chi connectivity index (χ4v) is 2.84. The standard InChI is InChI=1S/C12H11BP/c13-14(11-7-3-1-4-8-11)12-9-5-2-6-10-12/h1-10,14H. The molecule has 67 valence electrons. The van der Waals surface area contributed by atoms with Crippen LogP contribution in [0.5, 0.6) is 0 Å². The summed E-state index contributed by atoms with van der Waals surface area (Å²) < 4.78 is 0. The van der Waals surface area contributed by atoms with Gasteiger partial charge in [-0.05, 0) is 24.3 Å². The molecule has 3 radical (unpaired) electrons. The van der Waals surface area contributed by atoms with Crippen molar-refractivity contribution in [2.75, 3.05) is 0 Å². The number of benzene rings is 2. The topological polar surface area (TPSA) is 0 Å². The van der Waals surface area contributed by atoms with E-state index in [-0.39, 0.29) is 0 Å². The largest absolute Gasteiger partial charge is 0.295 e. The van der Waals surface area contributed by atoms with E-state index in [1.165, 1.54) is 10.6 Å². The highest BCUT2D eigenvalue weighted by atomic mass is 31.1. The second-order valence-corrected chi connectivity index (χ2v) is 5.13. The predicted molar refractivity (Wildman–Crippen MR) is 66.2 cm³/mol. The van der Waals surface area contributed by atoms with Crippen LogP contribution in [0, 0.1) is 0 Å². The van der Waals surface area contributed by atoms with Crippen molar-refractivity contribution in [1.82, 2.24) is 0 Å². The van der Waals surface area contributed by atoms with Crippen LogP contribution in [0.1, 0.15) is 0 Å². The van der Waals surface area contributed by atoms with Crippen LogP contribution in [-0.2, 0) is 0 Å². The zero-order valence-electron chi connectivity index (χ0n) is 7.85. The van der Waals surface area contributed by atoms with E-state index in [0.29, 0.717) is 0 Å². The Morgan fingerprint density at radius 3 is 1.36 bits per heavy atom. The average molecular weight is 197 g/mol. The molecule has 0 unspecified atom stereocenters. The van der Waals surface area contributed by atoms with Gasteiger partial charge in [0.2, 0.25) is 0 Å². The second-order valence-electron chi connectivity index (χ2n) is 3.15. The monoisotopic (exact) mass is 197 g/mol. The molecule has 0 nitrogen and oxygen atoms in total. The van der Waals surface area contributed by atoms with Crippen LogP contribution in [-0.4, -0.2) is 7.57 Å². The molecule has 0 amide bonds. The summed E-state index contributed by atoms with van der Waals surface area (Å²) in [6.45, 7) is 0. The third-order valence-corrected chi connectivity index (χ3v) is 4.08. The van der Waals surface area contributed by atoms with Gasteiger partial charge in [-0.1, -0.05) is 36.4 Å². The molecule has 0 saturated heterocycles. The van der Waals surface area contributed by atoms with Gasteiger partial charge < -0.3 is 0 Å². The average Bonchev–Trinajstić information content (AvgIpc) is 2.30. The fraction of sp³-hybridized carbons (Fsp3) is 0. The van der Waals surface area contributed by atoms with Crippen LogP contribution in [0.4, 0.5) is 0 Å². The molecule has 0 fully saturated rings. The summed E-state index contributed by atoms with van der Waals surface area (Å²) >= 11 is 0. The highest BCUT2D eigenvalue weighted by Crippen LogP contribution is 2.26. The van der Waals surface area contributed by atoms with E-state index in [4.69, 9.17) is 7.57 Å². The number of hydrogen-bond donors (Lipinski definition) is 0. The van der Waals surface area contributed by atoms with Gasteiger partial charge in [-0.25, -0.2) is 0 Å². The van der Waals surface area contributed by atoms with Crippen molar-refractivity contribution in [1.29, 1.82) is 0 Å². The van der Waals surface area contributed by atoms with Gasteiger partial charge in [-0.3, -0.25) is 7.57 Å². The Hall–Kier alpha value is -1.07. The minimum Gasteiger partial charge on any atom is -0.295 e. The Morgan fingerprint density at radius 1 is 0.643 bits per heavy atom. The molecule has 2 rings (SSSR count). The van der Waals surface area contributed by atoms with Crippen LogP contribution >= 0.6 is 7.80 Å². The molecule has 0 heterocycles. The van der Waals surface area contributed by atoms with Gasteiger partial charge >= 0.3 is 0 Å². The van der Waals surface area contributed by atoms with Crippen molar-refractivity contribution < 1.29 is 0 Å². The van der Waals surface area contributed by atoms with E-state index >= 15 is 0 Å². The first kappa shape index (κ1) is 9.49. The summed E-state index contributed by atoms with van der Waals surface area (Å²) in [5, 5.41) is 2.51. The smallest absolute Gasteiger partial charge is 0.0444 e. The van der Waals surface area contributed by atoms with Gasteiger partial charge in [0.1, 0.15) is 0 Å². The molecule has 14 heavy (non-hydrogen) atoms.